The fourth-order valence-corrected chi connectivity index (χ4v) is 4.72. The fourth-order valence-electron chi connectivity index (χ4n) is 3.68. The first-order chi connectivity index (χ1) is 14.6. The third-order valence-electron chi connectivity index (χ3n) is 5.35. The lowest BCUT2D eigenvalue weighted by Crippen LogP contribution is -2.29. The molecule has 0 aliphatic heterocycles. The van der Waals surface area contributed by atoms with Crippen LogP contribution < -0.4 is 10.6 Å². The van der Waals surface area contributed by atoms with E-state index < -0.39 is 0 Å². The maximum atomic E-state index is 12.7. The number of carbonyl (C=O) groups excluding carboxylic acids is 2. The van der Waals surface area contributed by atoms with Gasteiger partial charge in [0.05, 0.1) is 11.6 Å². The minimum absolute atomic E-state index is 0.0310. The maximum absolute atomic E-state index is 12.7. The molecule has 1 aliphatic rings. The highest BCUT2D eigenvalue weighted by Gasteiger charge is 2.32. The van der Waals surface area contributed by atoms with Gasteiger partial charge in [-0.05, 0) is 50.3 Å². The molecule has 0 saturated heterocycles. The zero-order valence-electron chi connectivity index (χ0n) is 17.0. The quantitative estimate of drug-likeness (QED) is 0.555. The van der Waals surface area contributed by atoms with Gasteiger partial charge in [0.2, 0.25) is 5.91 Å². The van der Waals surface area contributed by atoms with Crippen LogP contribution in [0, 0.1) is 6.92 Å². The number of hydrogen-bond acceptors (Lipinski definition) is 4. The predicted molar refractivity (Wildman–Crippen MR) is 120 cm³/mol. The summed E-state index contributed by atoms with van der Waals surface area (Å²) in [6.07, 6.45) is 3.47. The number of nitrogens with one attached hydrogen (secondary N) is 2. The summed E-state index contributed by atoms with van der Waals surface area (Å²) in [7, 11) is 0. The molecule has 1 aliphatic carbocycles. The molecule has 0 saturated carbocycles. The smallest absolute Gasteiger partial charge is 0.257 e. The molecule has 4 rings (SSSR count). The Morgan fingerprint density at radius 1 is 1.10 bits per heavy atom. The lowest BCUT2D eigenvalue weighted by molar-refractivity contribution is -0.122. The summed E-state index contributed by atoms with van der Waals surface area (Å²) in [6.45, 7) is 2.64. The van der Waals surface area contributed by atoms with E-state index in [0.717, 1.165) is 41.8 Å². The molecule has 0 spiro atoms. The maximum Gasteiger partial charge on any atom is 0.257 e. The van der Waals surface area contributed by atoms with Gasteiger partial charge in [-0.2, -0.15) is 0 Å². The van der Waals surface area contributed by atoms with E-state index in [1.54, 1.807) is 12.1 Å². The predicted octanol–water partition coefficient (Wildman–Crippen LogP) is 4.48. The first-order valence-electron chi connectivity index (χ1n) is 10.3. The zero-order valence-corrected chi connectivity index (χ0v) is 17.8. The molecule has 0 unspecified atom stereocenters. The van der Waals surface area contributed by atoms with Crippen LogP contribution in [0.4, 0.5) is 5.13 Å². The van der Waals surface area contributed by atoms with E-state index in [4.69, 9.17) is 0 Å². The summed E-state index contributed by atoms with van der Waals surface area (Å²) >= 11 is 1.47. The fraction of sp³-hybridized carbons (Fsp3) is 0.292. The second-order valence-electron chi connectivity index (χ2n) is 7.62. The Labute approximate surface area is 180 Å². The molecule has 30 heavy (non-hydrogen) atoms. The highest BCUT2D eigenvalue weighted by Crippen LogP contribution is 2.38. The SMILES string of the molecule is Cc1ccc(C(=O)Nc2nc3c(s2)CC[C@@H]3C(=O)NCCCc2ccccc2)cc1. The van der Waals surface area contributed by atoms with Gasteiger partial charge >= 0.3 is 0 Å². The Kier molecular flexibility index (Phi) is 6.23. The molecule has 154 valence electrons. The second kappa shape index (κ2) is 9.22. The van der Waals surface area contributed by atoms with Gasteiger partial charge < -0.3 is 5.32 Å². The molecule has 1 heterocycles. The summed E-state index contributed by atoms with van der Waals surface area (Å²) in [5, 5.41) is 6.49. The Morgan fingerprint density at radius 2 is 1.87 bits per heavy atom. The van der Waals surface area contributed by atoms with Crippen molar-refractivity contribution in [2.45, 2.75) is 38.5 Å². The highest BCUT2D eigenvalue weighted by atomic mass is 32.1. The van der Waals surface area contributed by atoms with Gasteiger partial charge in [0, 0.05) is 17.0 Å². The average molecular weight is 420 g/mol. The largest absolute Gasteiger partial charge is 0.356 e. The molecule has 5 nitrogen and oxygen atoms in total. The summed E-state index contributed by atoms with van der Waals surface area (Å²) in [4.78, 5) is 30.8. The van der Waals surface area contributed by atoms with E-state index in [1.165, 1.54) is 16.9 Å². The molecular weight excluding hydrogens is 394 g/mol. The highest BCUT2D eigenvalue weighted by molar-refractivity contribution is 7.16. The average Bonchev–Trinajstić information content (AvgIpc) is 3.32. The Balaban J connectivity index is 1.31. The number of aromatic nitrogens is 1. The molecule has 1 aromatic heterocycles. The van der Waals surface area contributed by atoms with Crippen LogP contribution in [0.25, 0.3) is 0 Å². The van der Waals surface area contributed by atoms with E-state index in [-0.39, 0.29) is 17.7 Å². The molecule has 0 radical (unpaired) electrons. The molecular formula is C24H25N3O2S. The first-order valence-corrected chi connectivity index (χ1v) is 11.1. The van der Waals surface area contributed by atoms with E-state index >= 15 is 0 Å². The molecule has 1 atom stereocenters. The number of nitrogens with zero attached hydrogens (tertiary/aromatic N) is 1. The molecule has 2 aromatic carbocycles. The van der Waals surface area contributed by atoms with Crippen LogP contribution in [0.2, 0.25) is 0 Å². The van der Waals surface area contributed by atoms with Crippen LogP contribution >= 0.6 is 11.3 Å². The van der Waals surface area contributed by atoms with Gasteiger partial charge in [-0.15, -0.1) is 11.3 Å². The van der Waals surface area contributed by atoms with Crippen molar-refractivity contribution in [1.82, 2.24) is 10.3 Å². The van der Waals surface area contributed by atoms with Crippen LogP contribution in [-0.4, -0.2) is 23.3 Å². The lowest BCUT2D eigenvalue weighted by Gasteiger charge is -2.11. The van der Waals surface area contributed by atoms with Gasteiger partial charge in [0.25, 0.3) is 5.91 Å². The molecule has 0 fully saturated rings. The number of hydrogen-bond donors (Lipinski definition) is 2. The standard InChI is InChI=1S/C24H25N3O2S/c1-16-9-11-18(12-10-16)22(28)27-24-26-21-19(13-14-20(21)30-24)23(29)25-15-5-8-17-6-3-2-4-7-17/h2-4,6-7,9-12,19H,5,8,13-15H2,1H3,(H,25,29)(H,26,27,28)/t19-/m0/s1. The van der Waals surface area contributed by atoms with E-state index in [9.17, 15) is 9.59 Å². The van der Waals surface area contributed by atoms with Crippen LogP contribution in [0.15, 0.2) is 54.6 Å². The zero-order chi connectivity index (χ0) is 20.9. The van der Waals surface area contributed by atoms with Crippen molar-refractivity contribution in [3.05, 3.63) is 81.9 Å². The monoisotopic (exact) mass is 419 g/mol. The number of rotatable bonds is 7. The minimum atomic E-state index is -0.224. The van der Waals surface area contributed by atoms with Crippen LogP contribution in [0.1, 0.15) is 50.8 Å². The number of aryl methyl sites for hydroxylation is 3. The third kappa shape index (κ3) is 4.76. The van der Waals surface area contributed by atoms with Crippen molar-refractivity contribution in [3.63, 3.8) is 0 Å². The number of anilines is 1. The van der Waals surface area contributed by atoms with E-state index in [0.29, 0.717) is 17.2 Å². The van der Waals surface area contributed by atoms with Crippen molar-refractivity contribution >= 4 is 28.3 Å². The normalized spacial score (nSPS) is 14.9. The van der Waals surface area contributed by atoms with E-state index in [1.807, 2.05) is 37.3 Å². The van der Waals surface area contributed by atoms with Crippen molar-refractivity contribution in [2.75, 3.05) is 11.9 Å². The molecule has 6 heteroatoms. The second-order valence-corrected chi connectivity index (χ2v) is 8.70. The van der Waals surface area contributed by atoms with Crippen molar-refractivity contribution in [1.29, 1.82) is 0 Å². The summed E-state index contributed by atoms with van der Waals surface area (Å²) in [5.74, 6) is -0.370. The van der Waals surface area contributed by atoms with Gasteiger partial charge in [-0.25, -0.2) is 4.98 Å². The molecule has 2 amide bonds. The summed E-state index contributed by atoms with van der Waals surface area (Å²) in [5.41, 5.74) is 3.81. The van der Waals surface area contributed by atoms with Crippen LogP contribution in [0.3, 0.4) is 0 Å². The number of carbonyl (C=O) groups is 2. The molecule has 0 bridgehead atoms. The van der Waals surface area contributed by atoms with Crippen LogP contribution in [-0.2, 0) is 17.6 Å². The van der Waals surface area contributed by atoms with Gasteiger partial charge in [-0.1, -0.05) is 48.0 Å². The first kappa shape index (κ1) is 20.3. The van der Waals surface area contributed by atoms with Crippen molar-refractivity contribution in [2.24, 2.45) is 0 Å². The topological polar surface area (TPSA) is 71.1 Å². The Hall–Kier alpha value is -2.99. The van der Waals surface area contributed by atoms with Gasteiger partial charge in [-0.3, -0.25) is 14.9 Å². The number of fused-ring (bicyclic) bond motifs is 1. The van der Waals surface area contributed by atoms with Crippen molar-refractivity contribution < 1.29 is 9.59 Å². The summed E-state index contributed by atoms with van der Waals surface area (Å²) in [6, 6.07) is 17.7. The van der Waals surface area contributed by atoms with E-state index in [2.05, 4.69) is 27.8 Å². The number of benzene rings is 2. The Bertz CT molecular complexity index is 1030. The number of amides is 2. The lowest BCUT2D eigenvalue weighted by atomic mass is 10.1. The van der Waals surface area contributed by atoms with Crippen molar-refractivity contribution in [3.8, 4) is 0 Å². The molecule has 2 N–H and O–H groups in total. The molecule has 3 aromatic rings. The van der Waals surface area contributed by atoms with Crippen LogP contribution in [0.5, 0.6) is 0 Å². The van der Waals surface area contributed by atoms with Gasteiger partial charge in [0.1, 0.15) is 0 Å². The third-order valence-corrected chi connectivity index (χ3v) is 6.40. The van der Waals surface area contributed by atoms with Gasteiger partial charge in [0.15, 0.2) is 5.13 Å². The summed E-state index contributed by atoms with van der Waals surface area (Å²) < 4.78 is 0. The minimum Gasteiger partial charge on any atom is -0.356 e. The number of thiazole rings is 1. The Morgan fingerprint density at radius 3 is 2.63 bits per heavy atom.